The van der Waals surface area contributed by atoms with Crippen LogP contribution in [0.1, 0.15) is 37.0 Å². The molecule has 7 heteroatoms. The van der Waals surface area contributed by atoms with Gasteiger partial charge in [-0.2, -0.15) is 0 Å². The van der Waals surface area contributed by atoms with Gasteiger partial charge in [-0.1, -0.05) is 111 Å². The number of ether oxygens (including phenoxy) is 2. The maximum absolute atomic E-state index is 13.4. The highest BCUT2D eigenvalue weighted by Gasteiger charge is 2.31. The molecule has 37 heavy (non-hydrogen) atoms. The highest BCUT2D eigenvalue weighted by atomic mass is 16.5. The molecule has 0 saturated heterocycles. The SMILES string of the molecule is CC[C@@H](C)[C@H](NC(=O)[C@@H](Cc1ccccc1)NC(=O)OCc1ccccc1)C(=O)OCc1ccccc1. The Bertz CT molecular complexity index is 1120. The minimum Gasteiger partial charge on any atom is -0.459 e. The van der Waals surface area contributed by atoms with Crippen LogP contribution in [0.5, 0.6) is 0 Å². The fourth-order valence-corrected chi connectivity index (χ4v) is 3.71. The van der Waals surface area contributed by atoms with E-state index in [1.54, 1.807) is 0 Å². The lowest BCUT2D eigenvalue weighted by molar-refractivity contribution is -0.150. The molecule has 3 aromatic carbocycles. The number of hydrogen-bond acceptors (Lipinski definition) is 5. The standard InChI is InChI=1S/C30H34N2O5/c1-3-22(2)27(29(34)36-20-24-15-9-5-10-16-24)32-28(33)26(19-23-13-7-4-8-14-23)31-30(35)37-21-25-17-11-6-12-18-25/h4-18,22,26-27H,3,19-21H2,1-2H3,(H,31,35)(H,32,33)/t22-,26-,27+/m1/s1. The van der Waals surface area contributed by atoms with E-state index in [9.17, 15) is 14.4 Å². The Morgan fingerprint density at radius 1 is 0.703 bits per heavy atom. The number of amides is 2. The molecule has 0 saturated carbocycles. The van der Waals surface area contributed by atoms with Crippen molar-refractivity contribution in [3.63, 3.8) is 0 Å². The van der Waals surface area contributed by atoms with E-state index in [4.69, 9.17) is 9.47 Å². The van der Waals surface area contributed by atoms with Crippen LogP contribution in [-0.4, -0.2) is 30.1 Å². The van der Waals surface area contributed by atoms with Crippen molar-refractivity contribution in [2.24, 2.45) is 5.92 Å². The normalized spacial score (nSPS) is 13.0. The first-order valence-corrected chi connectivity index (χ1v) is 12.5. The van der Waals surface area contributed by atoms with E-state index in [1.165, 1.54) is 0 Å². The van der Waals surface area contributed by atoms with Crippen molar-refractivity contribution in [3.8, 4) is 0 Å². The van der Waals surface area contributed by atoms with Gasteiger partial charge in [0.15, 0.2) is 0 Å². The van der Waals surface area contributed by atoms with E-state index in [0.717, 1.165) is 16.7 Å². The summed E-state index contributed by atoms with van der Waals surface area (Å²) in [5.41, 5.74) is 2.55. The highest BCUT2D eigenvalue weighted by molar-refractivity contribution is 5.90. The minimum atomic E-state index is -0.945. The first-order chi connectivity index (χ1) is 18.0. The molecule has 0 aromatic heterocycles. The largest absolute Gasteiger partial charge is 0.459 e. The Morgan fingerprint density at radius 2 is 1.19 bits per heavy atom. The summed E-state index contributed by atoms with van der Waals surface area (Å²) in [5.74, 6) is -1.17. The molecule has 3 rings (SSSR count). The third-order valence-electron chi connectivity index (χ3n) is 6.09. The lowest BCUT2D eigenvalue weighted by atomic mass is 9.98. The Kier molecular flexibility index (Phi) is 10.7. The highest BCUT2D eigenvalue weighted by Crippen LogP contribution is 2.13. The van der Waals surface area contributed by atoms with E-state index in [2.05, 4.69) is 10.6 Å². The molecule has 0 fully saturated rings. The van der Waals surface area contributed by atoms with Crippen LogP contribution in [0.3, 0.4) is 0 Å². The van der Waals surface area contributed by atoms with Crippen LogP contribution in [0.2, 0.25) is 0 Å². The molecule has 0 bridgehead atoms. The van der Waals surface area contributed by atoms with Gasteiger partial charge in [0.1, 0.15) is 25.3 Å². The molecular weight excluding hydrogens is 468 g/mol. The van der Waals surface area contributed by atoms with Crippen molar-refractivity contribution >= 4 is 18.0 Å². The summed E-state index contributed by atoms with van der Waals surface area (Å²) in [7, 11) is 0. The smallest absolute Gasteiger partial charge is 0.408 e. The van der Waals surface area contributed by atoms with E-state index in [0.29, 0.717) is 6.42 Å². The number of carbonyl (C=O) groups excluding carboxylic acids is 3. The molecule has 0 unspecified atom stereocenters. The molecule has 0 aliphatic carbocycles. The molecule has 0 aliphatic rings. The fraction of sp³-hybridized carbons (Fsp3) is 0.300. The number of rotatable bonds is 12. The summed E-state index contributed by atoms with van der Waals surface area (Å²) in [6.07, 6.45) is 0.174. The van der Waals surface area contributed by atoms with Crippen LogP contribution < -0.4 is 10.6 Å². The second-order valence-corrected chi connectivity index (χ2v) is 8.91. The van der Waals surface area contributed by atoms with Crippen molar-refractivity contribution in [2.45, 2.75) is 52.0 Å². The third-order valence-corrected chi connectivity index (χ3v) is 6.09. The molecule has 3 atom stereocenters. The van der Waals surface area contributed by atoms with Gasteiger partial charge in [-0.3, -0.25) is 4.79 Å². The van der Waals surface area contributed by atoms with Gasteiger partial charge in [0, 0.05) is 6.42 Å². The predicted molar refractivity (Wildman–Crippen MR) is 141 cm³/mol. The van der Waals surface area contributed by atoms with Crippen molar-refractivity contribution in [3.05, 3.63) is 108 Å². The topological polar surface area (TPSA) is 93.7 Å². The Balaban J connectivity index is 1.68. The van der Waals surface area contributed by atoms with Crippen LogP contribution in [-0.2, 0) is 38.7 Å². The van der Waals surface area contributed by atoms with Crippen LogP contribution in [0.25, 0.3) is 0 Å². The maximum Gasteiger partial charge on any atom is 0.408 e. The number of benzene rings is 3. The molecule has 2 amide bonds. The summed E-state index contributed by atoms with van der Waals surface area (Å²) in [4.78, 5) is 38.9. The molecule has 0 aliphatic heterocycles. The Labute approximate surface area is 218 Å². The molecule has 0 spiro atoms. The third kappa shape index (κ3) is 9.11. The van der Waals surface area contributed by atoms with Gasteiger partial charge >= 0.3 is 12.1 Å². The fourth-order valence-electron chi connectivity index (χ4n) is 3.71. The van der Waals surface area contributed by atoms with Crippen LogP contribution in [0.4, 0.5) is 4.79 Å². The summed E-state index contributed by atoms with van der Waals surface area (Å²) >= 11 is 0. The lowest BCUT2D eigenvalue weighted by Crippen LogP contribution is -2.54. The number of carbonyl (C=O) groups is 3. The summed E-state index contributed by atoms with van der Waals surface area (Å²) in [6.45, 7) is 4.01. The van der Waals surface area contributed by atoms with Gasteiger partial charge in [-0.05, 0) is 22.6 Å². The van der Waals surface area contributed by atoms with Gasteiger partial charge in [0.05, 0.1) is 0 Å². The zero-order valence-electron chi connectivity index (χ0n) is 21.3. The minimum absolute atomic E-state index is 0.0770. The predicted octanol–water partition coefficient (Wildman–Crippen LogP) is 4.80. The van der Waals surface area contributed by atoms with Crippen LogP contribution in [0, 0.1) is 5.92 Å². The van der Waals surface area contributed by atoms with Crippen molar-refractivity contribution in [2.75, 3.05) is 0 Å². The van der Waals surface area contributed by atoms with Gasteiger partial charge in [0.25, 0.3) is 0 Å². The summed E-state index contributed by atoms with van der Waals surface area (Å²) < 4.78 is 10.8. The quantitative estimate of drug-likeness (QED) is 0.347. The van der Waals surface area contributed by atoms with E-state index in [1.807, 2.05) is 105 Å². The average molecular weight is 503 g/mol. The van der Waals surface area contributed by atoms with Gasteiger partial charge in [-0.15, -0.1) is 0 Å². The molecule has 194 valence electrons. The number of alkyl carbamates (subject to hydrolysis) is 1. The molecule has 0 radical (unpaired) electrons. The van der Waals surface area contributed by atoms with Crippen LogP contribution in [0.15, 0.2) is 91.0 Å². The first kappa shape index (κ1) is 27.5. The second-order valence-electron chi connectivity index (χ2n) is 8.91. The molecular formula is C30H34N2O5. The molecule has 7 nitrogen and oxygen atoms in total. The Hall–Kier alpha value is -4.13. The molecule has 3 aromatic rings. The van der Waals surface area contributed by atoms with Crippen molar-refractivity contribution in [1.29, 1.82) is 0 Å². The first-order valence-electron chi connectivity index (χ1n) is 12.5. The lowest BCUT2D eigenvalue weighted by Gasteiger charge is -2.26. The van der Waals surface area contributed by atoms with E-state index in [-0.39, 0.29) is 25.6 Å². The second kappa shape index (κ2) is 14.4. The summed E-state index contributed by atoms with van der Waals surface area (Å²) in [5, 5.41) is 5.49. The van der Waals surface area contributed by atoms with Crippen molar-refractivity contribution < 1.29 is 23.9 Å². The van der Waals surface area contributed by atoms with Gasteiger partial charge < -0.3 is 20.1 Å². The Morgan fingerprint density at radius 3 is 1.70 bits per heavy atom. The average Bonchev–Trinajstić information content (AvgIpc) is 2.94. The number of nitrogens with one attached hydrogen (secondary N) is 2. The number of esters is 1. The zero-order chi connectivity index (χ0) is 26.5. The van der Waals surface area contributed by atoms with Crippen molar-refractivity contribution in [1.82, 2.24) is 10.6 Å². The molecule has 0 heterocycles. The zero-order valence-corrected chi connectivity index (χ0v) is 21.3. The molecule has 2 N–H and O–H groups in total. The summed E-state index contributed by atoms with van der Waals surface area (Å²) in [6, 6.07) is 26.2. The van der Waals surface area contributed by atoms with Crippen LogP contribution >= 0.6 is 0 Å². The monoisotopic (exact) mass is 502 g/mol. The maximum atomic E-state index is 13.4. The van der Waals surface area contributed by atoms with Gasteiger partial charge in [-0.25, -0.2) is 9.59 Å². The van der Waals surface area contributed by atoms with E-state index < -0.39 is 30.1 Å². The number of hydrogen-bond donors (Lipinski definition) is 2. The van der Waals surface area contributed by atoms with Gasteiger partial charge in [0.2, 0.25) is 5.91 Å². The van der Waals surface area contributed by atoms with E-state index >= 15 is 0 Å².